The van der Waals surface area contributed by atoms with Crippen LogP contribution >= 0.6 is 0 Å². The minimum atomic E-state index is -0.160. The summed E-state index contributed by atoms with van der Waals surface area (Å²) in [6.07, 6.45) is 6.51. The van der Waals surface area contributed by atoms with Crippen LogP contribution < -0.4 is 9.47 Å². The SMILES string of the molecule is CCOC(=O)CC(c1cccc(OC[C@H]2CC[C@H](c3cc(OC)ccc3F)CC2)n1)C1CC1. The zero-order valence-electron chi connectivity index (χ0n) is 19.6. The smallest absolute Gasteiger partial charge is 0.306 e. The molecule has 0 bridgehead atoms. The fraction of sp³-hybridized carbons (Fsp3) is 0.556. The predicted molar refractivity (Wildman–Crippen MR) is 124 cm³/mol. The van der Waals surface area contributed by atoms with Crippen LogP contribution in [0.1, 0.15) is 75.0 Å². The number of benzene rings is 1. The Balaban J connectivity index is 1.31. The van der Waals surface area contributed by atoms with E-state index in [1.54, 1.807) is 13.2 Å². The number of carbonyl (C=O) groups is 1. The van der Waals surface area contributed by atoms with E-state index in [0.29, 0.717) is 43.1 Å². The van der Waals surface area contributed by atoms with Gasteiger partial charge in [-0.3, -0.25) is 4.79 Å². The van der Waals surface area contributed by atoms with Gasteiger partial charge in [-0.25, -0.2) is 9.37 Å². The molecule has 2 saturated carbocycles. The van der Waals surface area contributed by atoms with E-state index in [0.717, 1.165) is 49.8 Å². The summed E-state index contributed by atoms with van der Waals surface area (Å²) in [7, 11) is 1.61. The average Bonchev–Trinajstić information content (AvgIpc) is 3.68. The van der Waals surface area contributed by atoms with Crippen LogP contribution in [0.3, 0.4) is 0 Å². The summed E-state index contributed by atoms with van der Waals surface area (Å²) in [6, 6.07) is 10.8. The van der Waals surface area contributed by atoms with Crippen molar-refractivity contribution in [2.45, 2.75) is 63.7 Å². The maximum atomic E-state index is 14.3. The van der Waals surface area contributed by atoms with E-state index in [4.69, 9.17) is 19.2 Å². The zero-order valence-corrected chi connectivity index (χ0v) is 19.6. The Morgan fingerprint density at radius 3 is 2.61 bits per heavy atom. The molecule has 0 spiro atoms. The lowest BCUT2D eigenvalue weighted by Gasteiger charge is -2.29. The molecule has 1 unspecified atom stereocenters. The van der Waals surface area contributed by atoms with Crippen LogP contribution in [-0.4, -0.2) is 31.3 Å². The van der Waals surface area contributed by atoms with Gasteiger partial charge in [0.15, 0.2) is 0 Å². The molecule has 33 heavy (non-hydrogen) atoms. The second-order valence-electron chi connectivity index (χ2n) is 9.27. The Hall–Kier alpha value is -2.63. The highest BCUT2D eigenvalue weighted by Gasteiger charge is 2.35. The lowest BCUT2D eigenvalue weighted by Crippen LogP contribution is -2.20. The molecular weight excluding hydrogens is 421 g/mol. The van der Waals surface area contributed by atoms with Gasteiger partial charge in [0.1, 0.15) is 11.6 Å². The van der Waals surface area contributed by atoms with Crippen LogP contribution in [-0.2, 0) is 9.53 Å². The third kappa shape index (κ3) is 6.24. The van der Waals surface area contributed by atoms with Gasteiger partial charge in [0.05, 0.1) is 26.7 Å². The molecule has 1 aromatic carbocycles. The van der Waals surface area contributed by atoms with Gasteiger partial charge < -0.3 is 14.2 Å². The number of hydrogen-bond acceptors (Lipinski definition) is 5. The molecule has 4 rings (SSSR count). The second-order valence-corrected chi connectivity index (χ2v) is 9.27. The summed E-state index contributed by atoms with van der Waals surface area (Å²) in [5, 5.41) is 0. The molecule has 0 amide bonds. The molecule has 1 atom stereocenters. The van der Waals surface area contributed by atoms with E-state index in [1.807, 2.05) is 31.2 Å². The number of pyridine rings is 1. The molecule has 1 aromatic heterocycles. The number of rotatable bonds is 10. The van der Waals surface area contributed by atoms with Crippen LogP contribution in [0.5, 0.6) is 11.6 Å². The highest BCUT2D eigenvalue weighted by Crippen LogP contribution is 2.44. The Bertz CT molecular complexity index is 937. The summed E-state index contributed by atoms with van der Waals surface area (Å²) >= 11 is 0. The minimum absolute atomic E-state index is 0.0980. The third-order valence-corrected chi connectivity index (χ3v) is 6.96. The monoisotopic (exact) mass is 455 g/mol. The summed E-state index contributed by atoms with van der Waals surface area (Å²) in [6.45, 7) is 2.84. The molecular formula is C27H34FNO4. The maximum absolute atomic E-state index is 14.3. The lowest BCUT2D eigenvalue weighted by molar-refractivity contribution is -0.143. The van der Waals surface area contributed by atoms with Crippen molar-refractivity contribution in [3.8, 4) is 11.6 Å². The quantitative estimate of drug-likeness (QED) is 0.410. The van der Waals surface area contributed by atoms with E-state index in [9.17, 15) is 9.18 Å². The first-order valence-electron chi connectivity index (χ1n) is 12.2. The standard InChI is InChI=1S/C27H34FNO4/c1-3-32-27(30)16-23(20-11-12-20)25-5-4-6-26(29-25)33-17-18-7-9-19(10-8-18)22-15-21(31-2)13-14-24(22)28/h4-6,13-15,18-20,23H,3,7-12,16-17H2,1-2H3/t18-,19-,23?. The fourth-order valence-corrected chi connectivity index (χ4v) is 4.93. The molecule has 0 saturated heterocycles. The van der Waals surface area contributed by atoms with Crippen molar-refractivity contribution in [2.24, 2.45) is 11.8 Å². The van der Waals surface area contributed by atoms with Gasteiger partial charge >= 0.3 is 5.97 Å². The van der Waals surface area contributed by atoms with E-state index < -0.39 is 0 Å². The predicted octanol–water partition coefficient (Wildman–Crippen LogP) is 6.03. The number of hydrogen-bond donors (Lipinski definition) is 0. The molecule has 2 aliphatic carbocycles. The maximum Gasteiger partial charge on any atom is 0.306 e. The Kier molecular flexibility index (Phi) is 7.84. The van der Waals surface area contributed by atoms with Crippen molar-refractivity contribution in [3.05, 3.63) is 53.5 Å². The van der Waals surface area contributed by atoms with E-state index >= 15 is 0 Å². The molecule has 2 fully saturated rings. The molecule has 0 N–H and O–H groups in total. The van der Waals surface area contributed by atoms with E-state index in [-0.39, 0.29) is 23.6 Å². The third-order valence-electron chi connectivity index (χ3n) is 6.96. The molecule has 6 heteroatoms. The van der Waals surface area contributed by atoms with Crippen molar-refractivity contribution in [1.29, 1.82) is 0 Å². The first kappa shape index (κ1) is 23.5. The van der Waals surface area contributed by atoms with Crippen LogP contribution in [0, 0.1) is 17.7 Å². The van der Waals surface area contributed by atoms with Crippen molar-refractivity contribution < 1.29 is 23.4 Å². The topological polar surface area (TPSA) is 57.7 Å². The Morgan fingerprint density at radius 1 is 1.12 bits per heavy atom. The number of esters is 1. The second kappa shape index (κ2) is 11.0. The molecule has 2 aromatic rings. The highest BCUT2D eigenvalue weighted by molar-refractivity contribution is 5.70. The van der Waals surface area contributed by atoms with E-state index in [2.05, 4.69) is 0 Å². The van der Waals surface area contributed by atoms with Gasteiger partial charge in [-0.15, -0.1) is 0 Å². The van der Waals surface area contributed by atoms with Crippen molar-refractivity contribution in [2.75, 3.05) is 20.3 Å². The lowest BCUT2D eigenvalue weighted by atomic mass is 9.79. The van der Waals surface area contributed by atoms with E-state index in [1.165, 1.54) is 6.07 Å². The van der Waals surface area contributed by atoms with Crippen LogP contribution in [0.15, 0.2) is 36.4 Å². The minimum Gasteiger partial charge on any atom is -0.497 e. The Labute approximate surface area is 195 Å². The molecule has 2 aliphatic rings. The number of aromatic nitrogens is 1. The number of halogens is 1. The highest BCUT2D eigenvalue weighted by atomic mass is 19.1. The molecule has 1 heterocycles. The summed E-state index contributed by atoms with van der Waals surface area (Å²) in [5.41, 5.74) is 1.68. The number of nitrogens with zero attached hydrogens (tertiary/aromatic N) is 1. The summed E-state index contributed by atoms with van der Waals surface area (Å²) in [5.74, 6) is 2.26. The number of methoxy groups -OCH3 is 1. The van der Waals surface area contributed by atoms with Gasteiger partial charge in [-0.1, -0.05) is 6.07 Å². The molecule has 5 nitrogen and oxygen atoms in total. The molecule has 0 radical (unpaired) electrons. The van der Waals surface area contributed by atoms with Crippen molar-refractivity contribution in [3.63, 3.8) is 0 Å². The molecule has 178 valence electrons. The average molecular weight is 456 g/mol. The van der Waals surface area contributed by atoms with Gasteiger partial charge in [0.25, 0.3) is 0 Å². The van der Waals surface area contributed by atoms with Crippen LogP contribution in [0.2, 0.25) is 0 Å². The normalized spacial score (nSPS) is 21.3. The van der Waals surface area contributed by atoms with Gasteiger partial charge in [-0.2, -0.15) is 0 Å². The summed E-state index contributed by atoms with van der Waals surface area (Å²) in [4.78, 5) is 16.8. The first-order chi connectivity index (χ1) is 16.1. The number of ether oxygens (including phenoxy) is 3. The van der Waals surface area contributed by atoms with Gasteiger partial charge in [0.2, 0.25) is 5.88 Å². The first-order valence-corrected chi connectivity index (χ1v) is 12.2. The van der Waals surface area contributed by atoms with Crippen LogP contribution in [0.25, 0.3) is 0 Å². The Morgan fingerprint density at radius 2 is 1.91 bits per heavy atom. The van der Waals surface area contributed by atoms with Crippen molar-refractivity contribution in [1.82, 2.24) is 4.98 Å². The largest absolute Gasteiger partial charge is 0.497 e. The zero-order chi connectivity index (χ0) is 23.2. The van der Waals surface area contributed by atoms with Gasteiger partial charge in [-0.05, 0) is 93.0 Å². The number of carbonyl (C=O) groups excluding carboxylic acids is 1. The van der Waals surface area contributed by atoms with Gasteiger partial charge in [0, 0.05) is 17.7 Å². The van der Waals surface area contributed by atoms with Crippen LogP contribution in [0.4, 0.5) is 4.39 Å². The van der Waals surface area contributed by atoms with Crippen molar-refractivity contribution >= 4 is 5.97 Å². The molecule has 0 aliphatic heterocycles. The summed E-state index contributed by atoms with van der Waals surface area (Å²) < 4.78 is 30.8. The fourth-order valence-electron chi connectivity index (χ4n) is 4.93.